The van der Waals surface area contributed by atoms with Crippen molar-refractivity contribution in [1.29, 1.82) is 0 Å². The second-order valence-electron chi connectivity index (χ2n) is 3.56. The number of anilines is 1. The minimum Gasteiger partial charge on any atom is -0.382 e. The number of aryl methyl sites for hydroxylation is 1. The van der Waals surface area contributed by atoms with Gasteiger partial charge < -0.3 is 11.5 Å². The minimum absolute atomic E-state index is 0.173. The van der Waals surface area contributed by atoms with Crippen molar-refractivity contribution in [2.24, 2.45) is 5.73 Å². The molecule has 0 spiro atoms. The molecule has 0 saturated carbocycles. The average Bonchev–Trinajstić information content (AvgIpc) is 2.60. The van der Waals surface area contributed by atoms with Crippen LogP contribution < -0.4 is 11.5 Å². The zero-order valence-electron chi connectivity index (χ0n) is 9.03. The number of aromatic nitrogens is 1. The molecule has 2 aromatic rings. The molecular weight excluding hydrogens is 258 g/mol. The third-order valence-electron chi connectivity index (χ3n) is 2.30. The number of hydrogen-bond acceptors (Lipinski definition) is 4. The summed E-state index contributed by atoms with van der Waals surface area (Å²) >= 11 is 7.06. The van der Waals surface area contributed by atoms with Crippen LogP contribution in [0.4, 0.5) is 5.82 Å². The van der Waals surface area contributed by atoms with Gasteiger partial charge in [0.1, 0.15) is 15.7 Å². The molecule has 88 valence electrons. The molecule has 0 unspecified atom stereocenters. The van der Waals surface area contributed by atoms with E-state index in [0.29, 0.717) is 10.0 Å². The highest BCUT2D eigenvalue weighted by Gasteiger charge is 2.15. The zero-order chi connectivity index (χ0) is 12.6. The third-order valence-corrected chi connectivity index (χ3v) is 3.65. The lowest BCUT2D eigenvalue weighted by Crippen LogP contribution is -2.10. The van der Waals surface area contributed by atoms with E-state index in [1.807, 2.05) is 19.1 Å². The van der Waals surface area contributed by atoms with Crippen LogP contribution in [0.25, 0.3) is 10.6 Å². The predicted octanol–water partition coefficient (Wildman–Crippen LogP) is 2.45. The SMILES string of the molecule is Cc1cc(Cl)ccc1-c1nc(N)c(C(N)=O)s1. The molecule has 6 heteroatoms. The van der Waals surface area contributed by atoms with Gasteiger partial charge in [-0.2, -0.15) is 0 Å². The van der Waals surface area contributed by atoms with Crippen LogP contribution in [0.3, 0.4) is 0 Å². The summed E-state index contributed by atoms with van der Waals surface area (Å²) in [6.45, 7) is 1.92. The van der Waals surface area contributed by atoms with Gasteiger partial charge in [0.05, 0.1) is 0 Å². The molecule has 0 atom stereocenters. The maximum absolute atomic E-state index is 11.1. The lowest BCUT2D eigenvalue weighted by atomic mass is 10.1. The first-order valence-electron chi connectivity index (χ1n) is 4.81. The van der Waals surface area contributed by atoms with E-state index in [-0.39, 0.29) is 10.7 Å². The molecular formula is C11H10ClN3OS. The number of carbonyl (C=O) groups is 1. The largest absolute Gasteiger partial charge is 0.382 e. The van der Waals surface area contributed by atoms with Gasteiger partial charge in [-0.1, -0.05) is 17.7 Å². The van der Waals surface area contributed by atoms with Crippen LogP contribution in [0.2, 0.25) is 5.02 Å². The number of nitrogens with zero attached hydrogens (tertiary/aromatic N) is 1. The number of rotatable bonds is 2. The van der Waals surface area contributed by atoms with E-state index in [9.17, 15) is 4.79 Å². The average molecular weight is 268 g/mol. The molecule has 0 fully saturated rings. The Hall–Kier alpha value is -1.59. The number of primary amides is 1. The third kappa shape index (κ3) is 2.25. The van der Waals surface area contributed by atoms with Crippen molar-refractivity contribution >= 4 is 34.7 Å². The van der Waals surface area contributed by atoms with Crippen molar-refractivity contribution in [2.45, 2.75) is 6.92 Å². The first-order valence-corrected chi connectivity index (χ1v) is 6.01. The lowest BCUT2D eigenvalue weighted by Gasteiger charge is -2.01. The normalized spacial score (nSPS) is 10.5. The molecule has 17 heavy (non-hydrogen) atoms. The molecule has 1 aromatic carbocycles. The summed E-state index contributed by atoms with van der Waals surface area (Å²) in [5.74, 6) is -0.385. The molecule has 0 radical (unpaired) electrons. The van der Waals surface area contributed by atoms with E-state index in [1.165, 1.54) is 11.3 Å². The summed E-state index contributed by atoms with van der Waals surface area (Å²) < 4.78 is 0. The number of nitrogens with two attached hydrogens (primary N) is 2. The monoisotopic (exact) mass is 267 g/mol. The molecule has 1 heterocycles. The van der Waals surface area contributed by atoms with Crippen molar-refractivity contribution in [3.63, 3.8) is 0 Å². The van der Waals surface area contributed by atoms with Crippen LogP contribution in [-0.2, 0) is 0 Å². The second kappa shape index (κ2) is 4.35. The van der Waals surface area contributed by atoms with Crippen molar-refractivity contribution in [3.05, 3.63) is 33.7 Å². The van der Waals surface area contributed by atoms with Crippen molar-refractivity contribution < 1.29 is 4.79 Å². The Bertz CT molecular complexity index is 594. The lowest BCUT2D eigenvalue weighted by molar-refractivity contribution is 0.100. The van der Waals surface area contributed by atoms with Crippen LogP contribution in [0.1, 0.15) is 15.2 Å². The van der Waals surface area contributed by atoms with Crippen LogP contribution in [-0.4, -0.2) is 10.9 Å². The molecule has 0 aliphatic carbocycles. The summed E-state index contributed by atoms with van der Waals surface area (Å²) in [4.78, 5) is 15.5. The van der Waals surface area contributed by atoms with Gasteiger partial charge in [0.25, 0.3) is 5.91 Å². The van der Waals surface area contributed by atoms with E-state index in [4.69, 9.17) is 23.1 Å². The van der Waals surface area contributed by atoms with Gasteiger partial charge in [-0.15, -0.1) is 11.3 Å². The van der Waals surface area contributed by atoms with E-state index in [2.05, 4.69) is 4.98 Å². The van der Waals surface area contributed by atoms with Crippen molar-refractivity contribution in [2.75, 3.05) is 5.73 Å². The van der Waals surface area contributed by atoms with E-state index < -0.39 is 5.91 Å². The molecule has 4 nitrogen and oxygen atoms in total. The van der Waals surface area contributed by atoms with Crippen LogP contribution in [0, 0.1) is 6.92 Å². The second-order valence-corrected chi connectivity index (χ2v) is 4.99. The van der Waals surface area contributed by atoms with E-state index in [1.54, 1.807) is 6.07 Å². The Morgan fingerprint density at radius 3 is 2.71 bits per heavy atom. The molecule has 1 aromatic heterocycles. The van der Waals surface area contributed by atoms with E-state index in [0.717, 1.165) is 11.1 Å². The summed E-state index contributed by atoms with van der Waals surface area (Å²) in [5.41, 5.74) is 12.7. The number of hydrogen-bond donors (Lipinski definition) is 2. The van der Waals surface area contributed by atoms with Gasteiger partial charge in [-0.05, 0) is 24.6 Å². The molecule has 0 aliphatic heterocycles. The minimum atomic E-state index is -0.558. The maximum atomic E-state index is 11.1. The van der Waals surface area contributed by atoms with Gasteiger partial charge in [-0.3, -0.25) is 4.79 Å². The van der Waals surface area contributed by atoms with Gasteiger partial charge in [0, 0.05) is 10.6 Å². The molecule has 0 saturated heterocycles. The van der Waals surface area contributed by atoms with Gasteiger partial charge in [0.15, 0.2) is 0 Å². The molecule has 1 amide bonds. The Morgan fingerprint density at radius 2 is 2.18 bits per heavy atom. The Labute approximate surface area is 107 Å². The molecule has 4 N–H and O–H groups in total. The summed E-state index contributed by atoms with van der Waals surface area (Å²) in [7, 11) is 0. The van der Waals surface area contributed by atoms with Crippen LogP contribution in [0.5, 0.6) is 0 Å². The number of amides is 1. The topological polar surface area (TPSA) is 82.0 Å². The first kappa shape index (κ1) is 11.9. The van der Waals surface area contributed by atoms with Crippen molar-refractivity contribution in [3.8, 4) is 10.6 Å². The fourth-order valence-corrected chi connectivity index (χ4v) is 2.64. The van der Waals surface area contributed by atoms with E-state index >= 15 is 0 Å². The molecule has 0 aliphatic rings. The van der Waals surface area contributed by atoms with Gasteiger partial charge in [0.2, 0.25) is 0 Å². The first-order chi connectivity index (χ1) is 7.99. The standard InChI is InChI=1S/C11H10ClN3OS/c1-5-4-6(12)2-3-7(5)11-15-9(13)8(17-11)10(14)16/h2-4H,13H2,1H3,(H2,14,16). The zero-order valence-corrected chi connectivity index (χ0v) is 10.6. The van der Waals surface area contributed by atoms with Crippen LogP contribution in [0.15, 0.2) is 18.2 Å². The Balaban J connectivity index is 2.53. The number of thiazole rings is 1. The Kier molecular flexibility index (Phi) is 3.04. The molecule has 0 bridgehead atoms. The Morgan fingerprint density at radius 1 is 1.47 bits per heavy atom. The fourth-order valence-electron chi connectivity index (χ4n) is 1.49. The highest BCUT2D eigenvalue weighted by molar-refractivity contribution is 7.17. The predicted molar refractivity (Wildman–Crippen MR) is 70.2 cm³/mol. The number of benzene rings is 1. The summed E-state index contributed by atoms with van der Waals surface area (Å²) in [6.07, 6.45) is 0. The van der Waals surface area contributed by atoms with Crippen molar-refractivity contribution in [1.82, 2.24) is 4.98 Å². The number of carbonyl (C=O) groups excluding carboxylic acids is 1. The van der Waals surface area contributed by atoms with Crippen LogP contribution >= 0.6 is 22.9 Å². The smallest absolute Gasteiger partial charge is 0.262 e. The highest BCUT2D eigenvalue weighted by atomic mass is 35.5. The quantitative estimate of drug-likeness (QED) is 0.877. The summed E-state index contributed by atoms with van der Waals surface area (Å²) in [6, 6.07) is 5.45. The number of nitrogen functional groups attached to an aromatic ring is 1. The fraction of sp³-hybridized carbons (Fsp3) is 0.0909. The maximum Gasteiger partial charge on any atom is 0.262 e. The number of halogens is 1. The molecule has 2 rings (SSSR count). The van der Waals surface area contributed by atoms with Gasteiger partial charge in [-0.25, -0.2) is 4.98 Å². The highest BCUT2D eigenvalue weighted by Crippen LogP contribution is 2.32. The van der Waals surface area contributed by atoms with Gasteiger partial charge >= 0.3 is 0 Å². The summed E-state index contributed by atoms with van der Waals surface area (Å²) in [5, 5.41) is 1.33.